The fourth-order valence-corrected chi connectivity index (χ4v) is 2.89. The topological polar surface area (TPSA) is 84.9 Å². The van der Waals surface area contributed by atoms with Crippen LogP contribution in [0.15, 0.2) is 23.1 Å². The van der Waals surface area contributed by atoms with Crippen molar-refractivity contribution in [2.45, 2.75) is 17.9 Å². The van der Waals surface area contributed by atoms with Gasteiger partial charge in [0.25, 0.3) is 5.91 Å². The molecule has 1 aromatic carbocycles. The molecule has 1 N–H and O–H groups in total. The highest BCUT2D eigenvalue weighted by atomic mass is 32.2. The number of sulfonamides is 1. The molecule has 1 aromatic rings. The molecule has 22 heavy (non-hydrogen) atoms. The Bertz CT molecular complexity index is 628. The fourth-order valence-electron chi connectivity index (χ4n) is 1.82. The molecule has 8 heteroatoms. The highest BCUT2D eigenvalue weighted by Gasteiger charge is 2.24. The molecule has 0 aliphatic heterocycles. The number of nitrogens with zero attached hydrogens (tertiary/aromatic N) is 1. The molecule has 0 bridgehead atoms. The van der Waals surface area contributed by atoms with Gasteiger partial charge in [0.15, 0.2) is 0 Å². The molecule has 1 amide bonds. The molecule has 7 nitrogen and oxygen atoms in total. The zero-order valence-electron chi connectivity index (χ0n) is 13.4. The Morgan fingerprint density at radius 3 is 2.45 bits per heavy atom. The van der Waals surface area contributed by atoms with E-state index in [4.69, 9.17) is 9.47 Å². The van der Waals surface area contributed by atoms with Crippen LogP contribution in [0.4, 0.5) is 0 Å². The summed E-state index contributed by atoms with van der Waals surface area (Å²) in [5.41, 5.74) is 0.240. The van der Waals surface area contributed by atoms with Crippen LogP contribution < -0.4 is 10.1 Å². The molecule has 0 aliphatic carbocycles. The SMILES string of the molecule is COC[C@H](C)NC(=O)c1ccc(OC)c(S(=O)(=O)N(C)C)c1. The van der Waals surface area contributed by atoms with Crippen LogP contribution in [-0.2, 0) is 14.8 Å². The average Bonchev–Trinajstić information content (AvgIpc) is 2.46. The first-order valence-corrected chi connectivity index (χ1v) is 8.08. The van der Waals surface area contributed by atoms with Gasteiger partial charge in [0.1, 0.15) is 10.6 Å². The summed E-state index contributed by atoms with van der Waals surface area (Å²) in [5.74, 6) is -0.183. The lowest BCUT2D eigenvalue weighted by Crippen LogP contribution is -2.35. The molecule has 1 rings (SSSR count). The van der Waals surface area contributed by atoms with Crippen LogP contribution in [0.5, 0.6) is 5.75 Å². The van der Waals surface area contributed by atoms with Crippen molar-refractivity contribution in [1.29, 1.82) is 0 Å². The molecule has 0 spiro atoms. The van der Waals surface area contributed by atoms with Gasteiger partial charge >= 0.3 is 0 Å². The Kier molecular flexibility index (Phi) is 6.34. The van der Waals surface area contributed by atoms with E-state index in [1.807, 2.05) is 0 Å². The van der Waals surface area contributed by atoms with Crippen LogP contribution in [0.2, 0.25) is 0 Å². The Morgan fingerprint density at radius 2 is 1.95 bits per heavy atom. The lowest BCUT2D eigenvalue weighted by Gasteiger charge is -2.16. The number of amides is 1. The molecule has 0 radical (unpaired) electrons. The minimum Gasteiger partial charge on any atom is -0.495 e. The van der Waals surface area contributed by atoms with Crippen molar-refractivity contribution >= 4 is 15.9 Å². The van der Waals surface area contributed by atoms with E-state index in [9.17, 15) is 13.2 Å². The zero-order chi connectivity index (χ0) is 16.9. The molecule has 0 aliphatic rings. The predicted octanol–water partition coefficient (Wildman–Crippen LogP) is 0.710. The summed E-state index contributed by atoms with van der Waals surface area (Å²) in [4.78, 5) is 12.1. The van der Waals surface area contributed by atoms with Gasteiger partial charge in [-0.15, -0.1) is 0 Å². The second-order valence-corrected chi connectivity index (χ2v) is 7.10. The maximum Gasteiger partial charge on any atom is 0.251 e. The third-order valence-electron chi connectivity index (χ3n) is 2.98. The van der Waals surface area contributed by atoms with E-state index in [-0.39, 0.29) is 28.2 Å². The van der Waals surface area contributed by atoms with Crippen LogP contribution in [0.3, 0.4) is 0 Å². The molecular formula is C14H22N2O5S. The van der Waals surface area contributed by atoms with Crippen molar-refractivity contribution in [1.82, 2.24) is 9.62 Å². The van der Waals surface area contributed by atoms with E-state index in [2.05, 4.69) is 5.32 Å². The predicted molar refractivity (Wildman–Crippen MR) is 82.7 cm³/mol. The summed E-state index contributed by atoms with van der Waals surface area (Å²) in [6.07, 6.45) is 0. The highest BCUT2D eigenvalue weighted by Crippen LogP contribution is 2.26. The van der Waals surface area contributed by atoms with Crippen LogP contribution in [0, 0.1) is 0 Å². The number of carbonyl (C=O) groups excluding carboxylic acids is 1. The minimum atomic E-state index is -3.71. The first kappa shape index (κ1) is 18.4. The van der Waals surface area contributed by atoms with Gasteiger partial charge in [0.05, 0.1) is 13.7 Å². The monoisotopic (exact) mass is 330 g/mol. The van der Waals surface area contributed by atoms with E-state index < -0.39 is 10.0 Å². The van der Waals surface area contributed by atoms with E-state index in [1.54, 1.807) is 6.92 Å². The van der Waals surface area contributed by atoms with Gasteiger partial charge in [-0.3, -0.25) is 4.79 Å². The summed E-state index contributed by atoms with van der Waals surface area (Å²) >= 11 is 0. The molecule has 0 unspecified atom stereocenters. The summed E-state index contributed by atoms with van der Waals surface area (Å²) in [7, 11) is 2.05. The van der Waals surface area contributed by atoms with Gasteiger partial charge in [-0.25, -0.2) is 12.7 Å². The van der Waals surface area contributed by atoms with Gasteiger partial charge < -0.3 is 14.8 Å². The smallest absolute Gasteiger partial charge is 0.251 e. The number of hydrogen-bond acceptors (Lipinski definition) is 5. The van der Waals surface area contributed by atoms with Crippen LogP contribution in [0.1, 0.15) is 17.3 Å². The summed E-state index contributed by atoms with van der Waals surface area (Å²) in [6.45, 7) is 2.16. The van der Waals surface area contributed by atoms with E-state index >= 15 is 0 Å². The Morgan fingerprint density at radius 1 is 1.32 bits per heavy atom. The van der Waals surface area contributed by atoms with E-state index in [0.29, 0.717) is 6.61 Å². The second kappa shape index (κ2) is 7.57. The first-order valence-electron chi connectivity index (χ1n) is 6.64. The Balaban J connectivity index is 3.18. The summed E-state index contributed by atoms with van der Waals surface area (Å²) in [6, 6.07) is 4.10. The highest BCUT2D eigenvalue weighted by molar-refractivity contribution is 7.89. The maximum atomic E-state index is 12.3. The van der Waals surface area contributed by atoms with Crippen LogP contribution >= 0.6 is 0 Å². The third-order valence-corrected chi connectivity index (χ3v) is 4.81. The summed E-state index contributed by atoms with van der Waals surface area (Å²) < 4.78 is 35.7. The number of hydrogen-bond donors (Lipinski definition) is 1. The van der Waals surface area contributed by atoms with E-state index in [1.165, 1.54) is 46.5 Å². The molecule has 0 saturated carbocycles. The Labute approximate surface area is 131 Å². The quantitative estimate of drug-likeness (QED) is 0.796. The molecule has 124 valence electrons. The fraction of sp³-hybridized carbons (Fsp3) is 0.500. The third kappa shape index (κ3) is 4.19. The lowest BCUT2D eigenvalue weighted by atomic mass is 10.2. The normalized spacial score (nSPS) is 13.0. The number of nitrogens with one attached hydrogen (secondary N) is 1. The van der Waals surface area contributed by atoms with Crippen LogP contribution in [0.25, 0.3) is 0 Å². The van der Waals surface area contributed by atoms with Crippen molar-refractivity contribution in [3.8, 4) is 5.75 Å². The van der Waals surface area contributed by atoms with Crippen molar-refractivity contribution in [3.63, 3.8) is 0 Å². The molecule has 0 heterocycles. The van der Waals surface area contributed by atoms with Crippen molar-refractivity contribution in [3.05, 3.63) is 23.8 Å². The van der Waals surface area contributed by atoms with E-state index in [0.717, 1.165) is 4.31 Å². The van der Waals surface area contributed by atoms with Gasteiger partial charge in [0, 0.05) is 32.8 Å². The average molecular weight is 330 g/mol. The minimum absolute atomic E-state index is 0.0490. The van der Waals surface area contributed by atoms with Crippen molar-refractivity contribution in [2.24, 2.45) is 0 Å². The van der Waals surface area contributed by atoms with Crippen molar-refractivity contribution < 1.29 is 22.7 Å². The number of carbonyl (C=O) groups is 1. The van der Waals surface area contributed by atoms with Gasteiger partial charge in [-0.05, 0) is 25.1 Å². The maximum absolute atomic E-state index is 12.3. The number of benzene rings is 1. The molecule has 1 atom stereocenters. The summed E-state index contributed by atoms with van der Waals surface area (Å²) in [5, 5.41) is 2.73. The van der Waals surface area contributed by atoms with Gasteiger partial charge in [0.2, 0.25) is 10.0 Å². The number of ether oxygens (including phenoxy) is 2. The Hall–Kier alpha value is -1.64. The number of methoxy groups -OCH3 is 2. The van der Waals surface area contributed by atoms with Gasteiger partial charge in [-0.1, -0.05) is 0 Å². The molecular weight excluding hydrogens is 308 g/mol. The molecule has 0 aromatic heterocycles. The zero-order valence-corrected chi connectivity index (χ0v) is 14.2. The standard InChI is InChI=1S/C14H22N2O5S/c1-10(9-20-4)15-14(17)11-6-7-12(21-5)13(8-11)22(18,19)16(2)3/h6-8,10H,9H2,1-5H3,(H,15,17)/t10-/m0/s1. The van der Waals surface area contributed by atoms with Gasteiger partial charge in [-0.2, -0.15) is 0 Å². The number of rotatable bonds is 7. The molecule has 0 saturated heterocycles. The lowest BCUT2D eigenvalue weighted by molar-refractivity contribution is 0.0905. The first-order chi connectivity index (χ1) is 10.2. The largest absolute Gasteiger partial charge is 0.495 e. The van der Waals surface area contributed by atoms with Crippen molar-refractivity contribution in [2.75, 3.05) is 34.9 Å². The second-order valence-electron chi connectivity index (χ2n) is 4.98. The molecule has 0 fully saturated rings. The van der Waals surface area contributed by atoms with Crippen LogP contribution in [-0.4, -0.2) is 59.6 Å².